The molecule has 0 unspecified atom stereocenters. The van der Waals surface area contributed by atoms with Gasteiger partial charge in [0, 0.05) is 27.7 Å². The monoisotopic (exact) mass is 1380 g/mol. The summed E-state index contributed by atoms with van der Waals surface area (Å²) in [5.41, 5.74) is 0. The van der Waals surface area contributed by atoms with Crippen molar-refractivity contribution in [2.75, 3.05) is 39.6 Å². The van der Waals surface area contributed by atoms with E-state index in [1.54, 1.807) is 0 Å². The lowest BCUT2D eigenvalue weighted by Gasteiger charge is -2.51. The lowest BCUT2D eigenvalue weighted by Crippen LogP contribution is -2.71. The minimum absolute atomic E-state index is 0.754. The van der Waals surface area contributed by atoms with Crippen molar-refractivity contribution in [3.63, 3.8) is 0 Å². The molecule has 7 fully saturated rings. The van der Waals surface area contributed by atoms with Crippen LogP contribution in [-0.4, -0.2) is 378 Å². The quantitative estimate of drug-likeness (QED) is 0.0399. The van der Waals surface area contributed by atoms with Crippen LogP contribution in [0.2, 0.25) is 0 Å². The van der Waals surface area contributed by atoms with Gasteiger partial charge in [-0.1, -0.05) is 0 Å². The summed E-state index contributed by atoms with van der Waals surface area (Å²) in [5.74, 6) is -3.43. The molecule has 0 aromatic heterocycles. The van der Waals surface area contributed by atoms with E-state index >= 15 is 0 Å². The van der Waals surface area contributed by atoms with E-state index in [4.69, 9.17) is 61.6 Å². The highest BCUT2D eigenvalue weighted by molar-refractivity contribution is 7.80. The summed E-state index contributed by atoms with van der Waals surface area (Å²) in [5, 5.41) is 197. The molecule has 7 aliphatic heterocycles. The van der Waals surface area contributed by atoms with E-state index in [9.17, 15) is 119 Å². The van der Waals surface area contributed by atoms with Crippen molar-refractivity contribution in [1.82, 2.24) is 21.3 Å². The van der Waals surface area contributed by atoms with Gasteiger partial charge in [0.1, 0.15) is 165 Å². The number of carbonyl (C=O) groups is 4. The molecule has 0 aliphatic carbocycles. The first-order valence-electron chi connectivity index (χ1n) is 29.1. The molecule has 35 atom stereocenters. The van der Waals surface area contributed by atoms with E-state index in [0.717, 1.165) is 27.7 Å². The van der Waals surface area contributed by atoms with E-state index in [1.165, 1.54) is 6.92 Å². The van der Waals surface area contributed by atoms with Crippen molar-refractivity contribution < 1.29 is 185 Å². The predicted molar refractivity (Wildman–Crippen MR) is 287 cm³/mol. The van der Waals surface area contributed by atoms with Crippen LogP contribution < -0.4 is 21.3 Å². The number of hydrogen-bond acceptors (Lipinski definition) is 37. The lowest BCUT2D eigenvalue weighted by molar-refractivity contribution is -0.388. The van der Waals surface area contributed by atoms with Crippen LogP contribution in [0.4, 0.5) is 0 Å². The highest BCUT2D eigenvalue weighted by Gasteiger charge is 2.59. The molecule has 42 nitrogen and oxygen atoms in total. The van der Waals surface area contributed by atoms with Gasteiger partial charge >= 0.3 is 10.4 Å². The third-order valence-corrected chi connectivity index (χ3v) is 16.8. The topological polar surface area (TPSA) is 644 Å². The highest BCUT2D eigenvalue weighted by Crippen LogP contribution is 2.38. The summed E-state index contributed by atoms with van der Waals surface area (Å²) >= 11 is 0. The lowest BCUT2D eigenvalue weighted by atomic mass is 9.93. The predicted octanol–water partition coefficient (Wildman–Crippen LogP) is -14.8. The summed E-state index contributed by atoms with van der Waals surface area (Å²) in [7, 11) is -5.33. The Bertz CT molecular complexity index is 2560. The molecule has 7 saturated heterocycles. The maximum atomic E-state index is 12.8. The molecule has 4 amide bonds. The van der Waals surface area contributed by atoms with Crippen LogP contribution in [0.15, 0.2) is 0 Å². The largest absolute Gasteiger partial charge is 0.397 e. The van der Waals surface area contributed by atoms with Crippen molar-refractivity contribution >= 4 is 34.0 Å². The second-order valence-electron chi connectivity index (χ2n) is 23.0. The first kappa shape index (κ1) is 76.9. The standard InChI is InChI=1S/C50H84N4O38S/c1-12-27(64)33(70)35(72)48(80-12)79-11-22-41(29(66)23(44(75)81-22)51-13(2)60)89-46-25(53-15(4)62)31(68)39(19(8-57)84-46)90-50-37(74)43(28(65)17(6-55)82-50)91-49-36(73)34(71)40(20(9-58)86-49)88-45-24(52-14(3)61)30(67)38(18(7-56)83-45)87-47-26(54-16(5)63)32(69)42(21(10-59)85-47)92-93(76,77)78/h12,17-50,55-59,64-75H,6-11H2,1-5H3,(H,51,60)(H,52,61)(H,53,62)(H,54,63)(H,76,77,78)/t12-,17-,18-,19-,20-,21-,22-,23-,24-,25-,26-,27+,28-,29-,30-,31-,32-,33+,34-,35-,36+,37+,38-,39-,40-,41-,42+,43+,44-,45+,46+,47-,48+,49-,50+/m1/s1. The Morgan fingerprint density at radius 3 is 1.12 bits per heavy atom. The average Bonchev–Trinajstić information content (AvgIpc) is 0.800. The van der Waals surface area contributed by atoms with E-state index in [-0.39, 0.29) is 0 Å². The molecule has 7 aliphatic rings. The maximum Gasteiger partial charge on any atom is 0.397 e. The first-order valence-corrected chi connectivity index (χ1v) is 30.5. The molecule has 0 aromatic carbocycles. The molecular weight excluding hydrogens is 1300 g/mol. The Hall–Kier alpha value is -3.45. The Kier molecular flexibility index (Phi) is 27.2. The van der Waals surface area contributed by atoms with E-state index < -0.39 is 288 Å². The fraction of sp³-hybridized carbons (Fsp3) is 0.920. The van der Waals surface area contributed by atoms with Gasteiger partial charge in [0.15, 0.2) is 44.0 Å². The molecule has 0 radical (unpaired) electrons. The molecule has 22 N–H and O–H groups in total. The zero-order chi connectivity index (χ0) is 69.0. The Labute approximate surface area is 527 Å². The minimum atomic E-state index is -5.33. The fourth-order valence-corrected chi connectivity index (χ4v) is 12.2. The Morgan fingerprint density at radius 1 is 0.355 bits per heavy atom. The number of carbonyl (C=O) groups excluding carboxylic acids is 4. The molecule has 7 rings (SSSR count). The molecule has 43 heteroatoms. The van der Waals surface area contributed by atoms with Crippen molar-refractivity contribution in [3.05, 3.63) is 0 Å². The molecule has 0 bridgehead atoms. The van der Waals surface area contributed by atoms with Crippen molar-refractivity contribution in [2.24, 2.45) is 0 Å². The van der Waals surface area contributed by atoms with Crippen molar-refractivity contribution in [1.29, 1.82) is 0 Å². The fourth-order valence-electron chi connectivity index (χ4n) is 11.7. The van der Waals surface area contributed by atoms with Crippen LogP contribution in [0, 0.1) is 0 Å². The molecule has 0 saturated carbocycles. The average molecular weight is 1380 g/mol. The second-order valence-corrected chi connectivity index (χ2v) is 24.1. The van der Waals surface area contributed by atoms with Gasteiger partial charge in [0.05, 0.1) is 45.7 Å². The summed E-state index contributed by atoms with van der Waals surface area (Å²) < 4.78 is 113. The number of nitrogens with one attached hydrogen (secondary N) is 4. The second kappa shape index (κ2) is 32.9. The molecule has 538 valence electrons. The minimum Gasteiger partial charge on any atom is -0.394 e. The number of ether oxygens (including phenoxy) is 13. The van der Waals surface area contributed by atoms with Gasteiger partial charge in [0.25, 0.3) is 0 Å². The molecule has 7 heterocycles. The van der Waals surface area contributed by atoms with Gasteiger partial charge in [-0.25, -0.2) is 4.18 Å². The number of aliphatic hydroxyl groups is 17. The maximum absolute atomic E-state index is 12.8. The number of aliphatic hydroxyl groups excluding tert-OH is 17. The van der Waals surface area contributed by atoms with E-state index in [2.05, 4.69) is 25.5 Å². The van der Waals surface area contributed by atoms with Gasteiger partial charge in [-0.05, 0) is 6.92 Å². The summed E-state index contributed by atoms with van der Waals surface area (Å²) in [6.07, 6.45) is -60.0. The van der Waals surface area contributed by atoms with Crippen LogP contribution in [0.3, 0.4) is 0 Å². The zero-order valence-corrected chi connectivity index (χ0v) is 50.9. The van der Waals surface area contributed by atoms with Crippen LogP contribution >= 0.6 is 0 Å². The summed E-state index contributed by atoms with van der Waals surface area (Å²) in [6.45, 7) is -0.966. The van der Waals surface area contributed by atoms with Crippen LogP contribution in [0.25, 0.3) is 0 Å². The van der Waals surface area contributed by atoms with E-state index in [1.807, 2.05) is 0 Å². The van der Waals surface area contributed by atoms with Crippen LogP contribution in [0.5, 0.6) is 0 Å². The normalized spacial score (nSPS) is 46.6. The number of amides is 4. The SMILES string of the molecule is CC(=O)N[C@@H]1[C@@H](O)[C@H](O[C@@H]2O[C@H](CO)[C@@H](O[C@@H]3O[C@H](CO)[C@@H](O)[C@H](O[C@H]4O[C@H](CO)[C@@H](O[C@@H]5O[C@H](CO)[C@@H](O[C@H]6O[C@H](CO)[C@H](OS(=O)(=O)O)[C@H](O)[C@H]6NC(C)=O)[C@H](O)[C@H]5NC(C)=O)[C@H](O)[C@@H]4O)[C@@H]3O)[C@H](O)[C@H]2NC(C)=O)[C@@H](CO[C@H]2O[C@H](C)[C@H](O)[C@H](O)[C@H]2O)O[C@H]1O. The smallest absolute Gasteiger partial charge is 0.394 e. The highest BCUT2D eigenvalue weighted by atomic mass is 32.3. The number of hydrogen-bond donors (Lipinski definition) is 22. The summed E-state index contributed by atoms with van der Waals surface area (Å²) in [6, 6.07) is -7.11. The van der Waals surface area contributed by atoms with E-state index in [0.29, 0.717) is 0 Å². The van der Waals surface area contributed by atoms with Crippen molar-refractivity contribution in [2.45, 2.75) is 249 Å². The molecule has 0 spiro atoms. The first-order chi connectivity index (χ1) is 43.7. The van der Waals surface area contributed by atoms with Crippen LogP contribution in [0.1, 0.15) is 34.6 Å². The van der Waals surface area contributed by atoms with Crippen LogP contribution in [-0.2, 0) is 95.3 Å². The third kappa shape index (κ3) is 17.9. The molecule has 93 heavy (non-hydrogen) atoms. The third-order valence-electron chi connectivity index (χ3n) is 16.3. The zero-order valence-electron chi connectivity index (χ0n) is 50.1. The van der Waals surface area contributed by atoms with Crippen molar-refractivity contribution in [3.8, 4) is 0 Å². The molecular formula is C50H84N4O38S. The summed E-state index contributed by atoms with van der Waals surface area (Å²) in [4.78, 5) is 49.8. The van der Waals surface area contributed by atoms with Gasteiger partial charge in [-0.15, -0.1) is 0 Å². The van der Waals surface area contributed by atoms with Gasteiger partial charge in [0.2, 0.25) is 23.6 Å². The van der Waals surface area contributed by atoms with Gasteiger partial charge in [-0.3, -0.25) is 23.7 Å². The van der Waals surface area contributed by atoms with Gasteiger partial charge < -0.3 is 170 Å². The number of rotatable bonds is 24. The Morgan fingerprint density at radius 2 is 0.688 bits per heavy atom. The van der Waals surface area contributed by atoms with Gasteiger partial charge in [-0.2, -0.15) is 8.42 Å². The Balaban J connectivity index is 1.06. The molecule has 0 aromatic rings.